The van der Waals surface area contributed by atoms with E-state index in [4.69, 9.17) is 5.73 Å². The van der Waals surface area contributed by atoms with E-state index >= 15 is 0 Å². The highest BCUT2D eigenvalue weighted by atomic mass is 35.5. The molecule has 0 saturated heterocycles. The molecule has 7 heteroatoms. The van der Waals surface area contributed by atoms with Crippen LogP contribution in [0.3, 0.4) is 0 Å². The first-order valence-corrected chi connectivity index (χ1v) is 6.39. The Hall–Kier alpha value is -1.11. The monoisotopic (exact) mass is 279 g/mol. The average molecular weight is 280 g/mol. The van der Waals surface area contributed by atoms with Crippen molar-refractivity contribution in [2.45, 2.75) is 10.9 Å². The molecule has 1 aromatic rings. The van der Waals surface area contributed by atoms with Gasteiger partial charge in [-0.15, -0.1) is 12.4 Å². The Labute approximate surface area is 106 Å². The predicted molar refractivity (Wildman–Crippen MR) is 65.7 cm³/mol. The molecule has 0 spiro atoms. The molecule has 1 aromatic carbocycles. The fourth-order valence-corrected chi connectivity index (χ4v) is 1.82. The summed E-state index contributed by atoms with van der Waals surface area (Å²) in [6.07, 6.45) is 1.11. The van der Waals surface area contributed by atoms with E-state index in [0.29, 0.717) is 5.56 Å². The number of esters is 1. The van der Waals surface area contributed by atoms with Crippen LogP contribution in [-0.2, 0) is 19.4 Å². The lowest BCUT2D eigenvalue weighted by molar-refractivity contribution is -0.142. The van der Waals surface area contributed by atoms with Crippen molar-refractivity contribution in [3.05, 3.63) is 29.8 Å². The summed E-state index contributed by atoms with van der Waals surface area (Å²) in [5.41, 5.74) is 6.10. The maximum Gasteiger partial charge on any atom is 0.327 e. The number of methoxy groups -OCH3 is 1. The Morgan fingerprint density at radius 3 is 2.12 bits per heavy atom. The average Bonchev–Trinajstić information content (AvgIpc) is 2.26. The summed E-state index contributed by atoms with van der Waals surface area (Å²) < 4.78 is 26.8. The highest BCUT2D eigenvalue weighted by molar-refractivity contribution is 7.90. The molecule has 0 heterocycles. The molecule has 0 radical (unpaired) electrons. The van der Waals surface area contributed by atoms with Crippen LogP contribution in [0.4, 0.5) is 0 Å². The third kappa shape index (κ3) is 3.99. The van der Waals surface area contributed by atoms with Crippen molar-refractivity contribution in [1.82, 2.24) is 0 Å². The third-order valence-electron chi connectivity index (χ3n) is 2.12. The zero-order valence-electron chi connectivity index (χ0n) is 9.41. The highest BCUT2D eigenvalue weighted by Crippen LogP contribution is 2.15. The van der Waals surface area contributed by atoms with E-state index < -0.39 is 21.8 Å². The Morgan fingerprint density at radius 2 is 1.76 bits per heavy atom. The minimum Gasteiger partial charge on any atom is -0.468 e. The van der Waals surface area contributed by atoms with Gasteiger partial charge in [-0.25, -0.2) is 8.42 Å². The SMILES string of the molecule is COC(=O)[C@@H](N)c1ccc(S(C)(=O)=O)cc1.Cl. The van der Waals surface area contributed by atoms with Crippen LogP contribution in [0.25, 0.3) is 0 Å². The normalized spacial score (nSPS) is 12.4. The van der Waals surface area contributed by atoms with Crippen LogP contribution in [0.5, 0.6) is 0 Å². The van der Waals surface area contributed by atoms with Crippen molar-refractivity contribution in [3.63, 3.8) is 0 Å². The van der Waals surface area contributed by atoms with E-state index in [1.54, 1.807) is 0 Å². The summed E-state index contributed by atoms with van der Waals surface area (Å²) in [7, 11) is -1.98. The van der Waals surface area contributed by atoms with Crippen LogP contribution >= 0.6 is 12.4 Å². The number of hydrogen-bond donors (Lipinski definition) is 1. The molecule has 0 aliphatic heterocycles. The van der Waals surface area contributed by atoms with Crippen molar-refractivity contribution in [2.24, 2.45) is 5.73 Å². The number of hydrogen-bond acceptors (Lipinski definition) is 5. The minimum atomic E-state index is -3.23. The van der Waals surface area contributed by atoms with Crippen LogP contribution in [0.2, 0.25) is 0 Å². The summed E-state index contributed by atoms with van der Waals surface area (Å²) in [6.45, 7) is 0. The molecule has 0 aliphatic rings. The number of ether oxygens (including phenoxy) is 1. The number of benzene rings is 1. The Morgan fingerprint density at radius 1 is 1.29 bits per heavy atom. The van der Waals surface area contributed by atoms with Crippen molar-refractivity contribution < 1.29 is 17.9 Å². The molecule has 96 valence electrons. The summed E-state index contributed by atoms with van der Waals surface area (Å²) in [5, 5.41) is 0. The van der Waals surface area contributed by atoms with Crippen molar-refractivity contribution in [1.29, 1.82) is 0 Å². The largest absolute Gasteiger partial charge is 0.468 e. The molecule has 0 saturated carbocycles. The Kier molecular flexibility index (Phi) is 5.60. The fraction of sp³-hybridized carbons (Fsp3) is 0.300. The van der Waals surface area contributed by atoms with Gasteiger partial charge >= 0.3 is 5.97 Å². The topological polar surface area (TPSA) is 86.5 Å². The maximum absolute atomic E-state index is 11.2. The second-order valence-electron chi connectivity index (χ2n) is 3.34. The van der Waals surface area contributed by atoms with E-state index in [2.05, 4.69) is 4.74 Å². The zero-order chi connectivity index (χ0) is 12.3. The van der Waals surface area contributed by atoms with E-state index in [1.807, 2.05) is 0 Å². The van der Waals surface area contributed by atoms with Crippen molar-refractivity contribution in [3.8, 4) is 0 Å². The van der Waals surface area contributed by atoms with E-state index in [-0.39, 0.29) is 17.3 Å². The van der Waals surface area contributed by atoms with Gasteiger partial charge in [0.05, 0.1) is 12.0 Å². The van der Waals surface area contributed by atoms with E-state index in [1.165, 1.54) is 31.4 Å². The number of halogens is 1. The maximum atomic E-state index is 11.2. The molecule has 1 atom stereocenters. The molecular weight excluding hydrogens is 266 g/mol. The van der Waals surface area contributed by atoms with Crippen LogP contribution in [0.15, 0.2) is 29.2 Å². The van der Waals surface area contributed by atoms with Gasteiger partial charge in [-0.3, -0.25) is 4.79 Å². The van der Waals surface area contributed by atoms with Gasteiger partial charge in [-0.1, -0.05) is 12.1 Å². The smallest absolute Gasteiger partial charge is 0.327 e. The van der Waals surface area contributed by atoms with Crippen LogP contribution in [0, 0.1) is 0 Å². The summed E-state index contributed by atoms with van der Waals surface area (Å²) >= 11 is 0. The molecule has 1 rings (SSSR count). The van der Waals surface area contributed by atoms with Gasteiger partial charge in [0.15, 0.2) is 9.84 Å². The molecule has 0 fully saturated rings. The molecule has 0 unspecified atom stereocenters. The van der Waals surface area contributed by atoms with Gasteiger partial charge in [0.25, 0.3) is 0 Å². The first kappa shape index (κ1) is 15.9. The summed E-state index contributed by atoms with van der Waals surface area (Å²) in [6, 6.07) is 4.93. The molecular formula is C10H14ClNO4S. The standard InChI is InChI=1S/C10H13NO4S.ClH/c1-15-10(12)9(11)7-3-5-8(6-4-7)16(2,13)14;/h3-6,9H,11H2,1-2H3;1H/t9-;/m0./s1. The molecule has 5 nitrogen and oxygen atoms in total. The lowest BCUT2D eigenvalue weighted by atomic mass is 10.1. The van der Waals surface area contributed by atoms with Gasteiger partial charge in [0.2, 0.25) is 0 Å². The zero-order valence-corrected chi connectivity index (χ0v) is 11.0. The van der Waals surface area contributed by atoms with Crippen molar-refractivity contribution in [2.75, 3.05) is 13.4 Å². The summed E-state index contributed by atoms with van der Waals surface area (Å²) in [4.78, 5) is 11.3. The van der Waals surface area contributed by atoms with Gasteiger partial charge in [0.1, 0.15) is 6.04 Å². The Balaban J connectivity index is 0.00000256. The van der Waals surface area contributed by atoms with Crippen LogP contribution < -0.4 is 5.73 Å². The van der Waals surface area contributed by atoms with E-state index in [9.17, 15) is 13.2 Å². The molecule has 0 aliphatic carbocycles. The number of carbonyl (C=O) groups is 1. The van der Waals surface area contributed by atoms with Gasteiger partial charge in [-0.2, -0.15) is 0 Å². The first-order chi connectivity index (χ1) is 7.36. The first-order valence-electron chi connectivity index (χ1n) is 4.49. The van der Waals surface area contributed by atoms with Gasteiger partial charge < -0.3 is 10.5 Å². The lowest BCUT2D eigenvalue weighted by Gasteiger charge is -2.09. The van der Waals surface area contributed by atoms with Crippen LogP contribution in [-0.4, -0.2) is 27.8 Å². The molecule has 0 aromatic heterocycles. The number of rotatable bonds is 3. The van der Waals surface area contributed by atoms with Gasteiger partial charge in [-0.05, 0) is 17.7 Å². The number of nitrogens with two attached hydrogens (primary N) is 1. The Bertz CT molecular complexity index is 484. The highest BCUT2D eigenvalue weighted by Gasteiger charge is 2.16. The second kappa shape index (κ2) is 6.00. The summed E-state index contributed by atoms with van der Waals surface area (Å²) in [5.74, 6) is -0.563. The molecule has 0 amide bonds. The minimum absolute atomic E-state index is 0. The van der Waals surface area contributed by atoms with Gasteiger partial charge in [0, 0.05) is 6.26 Å². The quantitative estimate of drug-likeness (QED) is 0.823. The molecule has 17 heavy (non-hydrogen) atoms. The number of sulfone groups is 1. The molecule has 0 bridgehead atoms. The van der Waals surface area contributed by atoms with Crippen LogP contribution in [0.1, 0.15) is 11.6 Å². The number of carbonyl (C=O) groups excluding carboxylic acids is 1. The fourth-order valence-electron chi connectivity index (χ4n) is 1.19. The second-order valence-corrected chi connectivity index (χ2v) is 5.36. The molecule has 2 N–H and O–H groups in total. The lowest BCUT2D eigenvalue weighted by Crippen LogP contribution is -2.22. The van der Waals surface area contributed by atoms with E-state index in [0.717, 1.165) is 6.26 Å². The van der Waals surface area contributed by atoms with Crippen molar-refractivity contribution >= 4 is 28.2 Å². The predicted octanol–water partition coefficient (Wildman–Crippen LogP) is 0.685. The third-order valence-corrected chi connectivity index (χ3v) is 3.25.